The maximum atomic E-state index is 13.1. The predicted octanol–water partition coefficient (Wildman–Crippen LogP) is 3.49. The first kappa shape index (κ1) is 15.5. The molecule has 0 atom stereocenters. The lowest BCUT2D eigenvalue weighted by molar-refractivity contribution is 0.517. The molecule has 6 nitrogen and oxygen atoms in total. The SMILES string of the molecule is O=c1oc2cc(-c3ccc4ncnn4c3)ccc2n1Cc1ccc(F)cc1. The zero-order valence-electron chi connectivity index (χ0n) is 14.0. The van der Waals surface area contributed by atoms with Crippen molar-refractivity contribution in [3.63, 3.8) is 0 Å². The molecule has 0 aliphatic carbocycles. The number of oxazole rings is 1. The molecule has 7 heteroatoms. The van der Waals surface area contributed by atoms with Crippen LogP contribution in [0.4, 0.5) is 4.39 Å². The van der Waals surface area contributed by atoms with Crippen molar-refractivity contribution in [2.45, 2.75) is 6.54 Å². The second-order valence-corrected chi connectivity index (χ2v) is 6.24. The Morgan fingerprint density at radius 3 is 2.67 bits per heavy atom. The van der Waals surface area contributed by atoms with Gasteiger partial charge in [-0.3, -0.25) is 4.57 Å². The van der Waals surface area contributed by atoms with Gasteiger partial charge in [0.1, 0.15) is 12.1 Å². The maximum absolute atomic E-state index is 13.1. The molecule has 0 spiro atoms. The van der Waals surface area contributed by atoms with Crippen molar-refractivity contribution in [1.82, 2.24) is 19.2 Å². The fraction of sp³-hybridized carbons (Fsp3) is 0.0500. The summed E-state index contributed by atoms with van der Waals surface area (Å²) in [5, 5.41) is 4.14. The third-order valence-electron chi connectivity index (χ3n) is 4.53. The number of nitrogens with zero attached hydrogens (tertiary/aromatic N) is 4. The topological polar surface area (TPSA) is 65.3 Å². The van der Waals surface area contributed by atoms with Gasteiger partial charge in [-0.1, -0.05) is 18.2 Å². The molecule has 3 heterocycles. The second kappa shape index (κ2) is 5.91. The highest BCUT2D eigenvalue weighted by atomic mass is 19.1. The Morgan fingerprint density at radius 2 is 1.81 bits per heavy atom. The van der Waals surface area contributed by atoms with Gasteiger partial charge in [-0.05, 0) is 47.5 Å². The fourth-order valence-electron chi connectivity index (χ4n) is 3.16. The van der Waals surface area contributed by atoms with Crippen LogP contribution >= 0.6 is 0 Å². The van der Waals surface area contributed by atoms with Crippen molar-refractivity contribution >= 4 is 16.7 Å². The maximum Gasteiger partial charge on any atom is 0.420 e. The Bertz CT molecular complexity index is 1330. The lowest BCUT2D eigenvalue weighted by atomic mass is 10.1. The first-order valence-corrected chi connectivity index (χ1v) is 8.35. The second-order valence-electron chi connectivity index (χ2n) is 6.24. The molecule has 0 N–H and O–H groups in total. The summed E-state index contributed by atoms with van der Waals surface area (Å²) in [5.74, 6) is -0.754. The minimum absolute atomic E-state index is 0.308. The molecule has 0 unspecified atom stereocenters. The van der Waals surface area contributed by atoms with Crippen LogP contribution in [0.15, 0.2) is 76.3 Å². The summed E-state index contributed by atoms with van der Waals surface area (Å²) in [4.78, 5) is 16.4. The number of rotatable bonds is 3. The Morgan fingerprint density at radius 1 is 1.00 bits per heavy atom. The van der Waals surface area contributed by atoms with Gasteiger partial charge >= 0.3 is 5.76 Å². The van der Waals surface area contributed by atoms with Gasteiger partial charge in [0.25, 0.3) is 0 Å². The number of pyridine rings is 1. The molecule has 0 saturated heterocycles. The lowest BCUT2D eigenvalue weighted by Gasteiger charge is -2.04. The van der Waals surface area contributed by atoms with Crippen LogP contribution in [0.25, 0.3) is 27.9 Å². The van der Waals surface area contributed by atoms with E-state index in [-0.39, 0.29) is 5.82 Å². The summed E-state index contributed by atoms with van der Waals surface area (Å²) in [6, 6.07) is 15.5. The molecule has 0 radical (unpaired) electrons. The molecular weight excluding hydrogens is 347 g/mol. The molecule has 5 aromatic rings. The van der Waals surface area contributed by atoms with Gasteiger partial charge in [0.05, 0.1) is 12.1 Å². The van der Waals surface area contributed by atoms with Crippen LogP contribution in [0.3, 0.4) is 0 Å². The van der Waals surface area contributed by atoms with Crippen LogP contribution in [0.1, 0.15) is 5.56 Å². The standard InChI is InChI=1S/C20H13FN4O2/c21-16-5-1-13(2-6-16)10-24-17-7-3-14(9-18(17)27-20(24)26)15-4-8-19-22-12-23-25(19)11-15/h1-9,11-12H,10H2. The smallest absolute Gasteiger partial charge is 0.408 e. The van der Waals surface area contributed by atoms with Crippen LogP contribution in [0, 0.1) is 5.82 Å². The summed E-state index contributed by atoms with van der Waals surface area (Å²) in [6.07, 6.45) is 3.37. The van der Waals surface area contributed by atoms with Crippen molar-refractivity contribution in [2.24, 2.45) is 0 Å². The van der Waals surface area contributed by atoms with Gasteiger partial charge in [0, 0.05) is 11.8 Å². The van der Waals surface area contributed by atoms with Crippen molar-refractivity contribution in [1.29, 1.82) is 0 Å². The van der Waals surface area contributed by atoms with E-state index in [1.54, 1.807) is 16.6 Å². The number of halogens is 1. The van der Waals surface area contributed by atoms with Crippen LogP contribution in [0.2, 0.25) is 0 Å². The van der Waals surface area contributed by atoms with Gasteiger partial charge in [-0.2, -0.15) is 5.10 Å². The van der Waals surface area contributed by atoms with Gasteiger partial charge in [0.2, 0.25) is 0 Å². The first-order valence-electron chi connectivity index (χ1n) is 8.35. The van der Waals surface area contributed by atoms with Crippen molar-refractivity contribution < 1.29 is 8.81 Å². The molecule has 0 saturated carbocycles. The van der Waals surface area contributed by atoms with Crippen LogP contribution in [0.5, 0.6) is 0 Å². The van der Waals surface area contributed by atoms with E-state index in [2.05, 4.69) is 10.1 Å². The Balaban J connectivity index is 1.56. The van der Waals surface area contributed by atoms with E-state index < -0.39 is 5.76 Å². The Kier molecular flexibility index (Phi) is 3.39. The van der Waals surface area contributed by atoms with E-state index in [1.807, 2.05) is 36.5 Å². The van der Waals surface area contributed by atoms with Gasteiger partial charge in [0.15, 0.2) is 11.2 Å². The van der Waals surface area contributed by atoms with E-state index >= 15 is 0 Å². The Labute approximate surface area is 152 Å². The summed E-state index contributed by atoms with van der Waals surface area (Å²) in [7, 11) is 0. The highest BCUT2D eigenvalue weighted by Gasteiger charge is 2.11. The monoisotopic (exact) mass is 360 g/mol. The van der Waals surface area contributed by atoms with E-state index in [9.17, 15) is 9.18 Å². The number of hydrogen-bond acceptors (Lipinski definition) is 4. The highest BCUT2D eigenvalue weighted by Crippen LogP contribution is 2.24. The molecule has 5 rings (SSSR count). The summed E-state index contributed by atoms with van der Waals surface area (Å²) in [6.45, 7) is 0.316. The average Bonchev–Trinajstić information content (AvgIpc) is 3.27. The summed E-state index contributed by atoms with van der Waals surface area (Å²) >= 11 is 0. The van der Waals surface area contributed by atoms with E-state index in [0.29, 0.717) is 17.6 Å². The first-order chi connectivity index (χ1) is 13.2. The molecule has 0 fully saturated rings. The molecule has 3 aromatic heterocycles. The molecule has 0 bridgehead atoms. The number of hydrogen-bond donors (Lipinski definition) is 0. The highest BCUT2D eigenvalue weighted by molar-refractivity contribution is 5.80. The van der Waals surface area contributed by atoms with Crippen LogP contribution in [-0.4, -0.2) is 19.2 Å². The van der Waals surface area contributed by atoms with E-state index in [1.165, 1.54) is 23.0 Å². The largest absolute Gasteiger partial charge is 0.420 e. The van der Waals surface area contributed by atoms with Crippen molar-refractivity contribution in [3.8, 4) is 11.1 Å². The fourth-order valence-corrected chi connectivity index (χ4v) is 3.16. The third kappa shape index (κ3) is 2.69. The molecule has 2 aromatic carbocycles. The average molecular weight is 360 g/mol. The normalized spacial score (nSPS) is 11.4. The van der Waals surface area contributed by atoms with E-state index in [4.69, 9.17) is 4.42 Å². The number of benzene rings is 2. The summed E-state index contributed by atoms with van der Waals surface area (Å²) < 4.78 is 21.7. The number of fused-ring (bicyclic) bond motifs is 2. The molecule has 132 valence electrons. The van der Waals surface area contributed by atoms with E-state index in [0.717, 1.165) is 22.3 Å². The third-order valence-corrected chi connectivity index (χ3v) is 4.53. The van der Waals surface area contributed by atoms with Gasteiger partial charge in [-0.15, -0.1) is 0 Å². The van der Waals surface area contributed by atoms with Crippen molar-refractivity contribution in [2.75, 3.05) is 0 Å². The number of aromatic nitrogens is 4. The minimum Gasteiger partial charge on any atom is -0.408 e. The molecule has 27 heavy (non-hydrogen) atoms. The molecular formula is C20H13FN4O2. The zero-order chi connectivity index (χ0) is 18.4. The lowest BCUT2D eigenvalue weighted by Crippen LogP contribution is -2.14. The summed E-state index contributed by atoms with van der Waals surface area (Å²) in [5.41, 5.74) is 4.61. The predicted molar refractivity (Wildman–Crippen MR) is 98.0 cm³/mol. The van der Waals surface area contributed by atoms with Crippen LogP contribution in [-0.2, 0) is 6.54 Å². The van der Waals surface area contributed by atoms with Gasteiger partial charge in [-0.25, -0.2) is 18.7 Å². The van der Waals surface area contributed by atoms with Gasteiger partial charge < -0.3 is 4.42 Å². The quantitative estimate of drug-likeness (QED) is 0.494. The molecule has 0 aliphatic rings. The van der Waals surface area contributed by atoms with Crippen LogP contribution < -0.4 is 5.76 Å². The van der Waals surface area contributed by atoms with Crippen molar-refractivity contribution in [3.05, 3.63) is 89.1 Å². The zero-order valence-corrected chi connectivity index (χ0v) is 14.0. The Hall–Kier alpha value is -3.74. The molecule has 0 amide bonds. The molecule has 0 aliphatic heterocycles. The minimum atomic E-state index is -0.446.